The fraction of sp³-hybridized carbons (Fsp3) is 0.364. The van der Waals surface area contributed by atoms with Crippen LogP contribution in [0.15, 0.2) is 48.5 Å². The zero-order valence-electron chi connectivity index (χ0n) is 15.6. The number of carbonyl (C=O) groups excluding carboxylic acids is 2. The Balaban J connectivity index is 1.38. The zero-order chi connectivity index (χ0) is 18.8. The van der Waals surface area contributed by atoms with E-state index >= 15 is 0 Å². The van der Waals surface area contributed by atoms with Gasteiger partial charge in [-0.25, -0.2) is 0 Å². The molecular formula is C22H24N2O3. The molecule has 0 N–H and O–H groups in total. The molecule has 2 aromatic carbocycles. The van der Waals surface area contributed by atoms with Gasteiger partial charge >= 0.3 is 0 Å². The van der Waals surface area contributed by atoms with Crippen LogP contribution in [0.3, 0.4) is 0 Å². The summed E-state index contributed by atoms with van der Waals surface area (Å²) in [5.74, 6) is 1.13. The van der Waals surface area contributed by atoms with Gasteiger partial charge in [-0.15, -0.1) is 0 Å². The number of hydrogen-bond acceptors (Lipinski definition) is 3. The Morgan fingerprint density at radius 2 is 1.96 bits per heavy atom. The first-order valence-electron chi connectivity index (χ1n) is 9.40. The lowest BCUT2D eigenvalue weighted by atomic mass is 9.98. The van der Waals surface area contributed by atoms with Gasteiger partial charge in [0.1, 0.15) is 5.75 Å². The van der Waals surface area contributed by atoms with Crippen LogP contribution in [0.25, 0.3) is 0 Å². The summed E-state index contributed by atoms with van der Waals surface area (Å²) in [5.41, 5.74) is 3.56. The molecule has 1 unspecified atom stereocenters. The average molecular weight is 364 g/mol. The van der Waals surface area contributed by atoms with Gasteiger partial charge in [-0.05, 0) is 35.2 Å². The van der Waals surface area contributed by atoms with Crippen molar-refractivity contribution >= 4 is 11.8 Å². The van der Waals surface area contributed by atoms with Gasteiger partial charge in [0.25, 0.3) is 0 Å². The van der Waals surface area contributed by atoms with E-state index in [0.29, 0.717) is 26.1 Å². The van der Waals surface area contributed by atoms with E-state index in [1.807, 2.05) is 41.3 Å². The van der Waals surface area contributed by atoms with Crippen molar-refractivity contribution in [3.8, 4) is 5.75 Å². The number of hydrogen-bond donors (Lipinski definition) is 0. The van der Waals surface area contributed by atoms with Crippen molar-refractivity contribution in [2.24, 2.45) is 0 Å². The van der Waals surface area contributed by atoms with Crippen LogP contribution in [0.4, 0.5) is 0 Å². The molecule has 0 spiro atoms. The lowest BCUT2D eigenvalue weighted by Gasteiger charge is -2.30. The third kappa shape index (κ3) is 3.68. The van der Waals surface area contributed by atoms with Gasteiger partial charge in [-0.1, -0.05) is 36.4 Å². The Hall–Kier alpha value is -2.82. The maximum atomic E-state index is 12.8. The number of ether oxygens (including phenoxy) is 1. The van der Waals surface area contributed by atoms with Crippen LogP contribution in [0.1, 0.15) is 29.0 Å². The normalized spacial score (nSPS) is 19.1. The highest BCUT2D eigenvalue weighted by Crippen LogP contribution is 2.28. The van der Waals surface area contributed by atoms with Crippen molar-refractivity contribution < 1.29 is 14.3 Å². The van der Waals surface area contributed by atoms with Crippen LogP contribution in [0.5, 0.6) is 5.75 Å². The van der Waals surface area contributed by atoms with Gasteiger partial charge in [0.05, 0.1) is 13.7 Å². The molecule has 1 fully saturated rings. The molecule has 27 heavy (non-hydrogen) atoms. The number of fused-ring (bicyclic) bond motifs is 1. The van der Waals surface area contributed by atoms with E-state index in [-0.39, 0.29) is 24.3 Å². The molecule has 2 aliphatic heterocycles. The smallest absolute Gasteiger partial charge is 0.242 e. The first-order valence-corrected chi connectivity index (χ1v) is 9.40. The predicted molar refractivity (Wildman–Crippen MR) is 102 cm³/mol. The van der Waals surface area contributed by atoms with E-state index in [1.165, 1.54) is 11.1 Å². The molecule has 0 aromatic heterocycles. The van der Waals surface area contributed by atoms with E-state index in [2.05, 4.69) is 12.1 Å². The fourth-order valence-corrected chi connectivity index (χ4v) is 4.01. The standard InChI is InChI=1S/C22H24N2O3/c1-27-20-8-7-18-13-23(10-9-17(18)11-20)22(26)15-24-14-19(12-21(24)25)16-5-3-2-4-6-16/h2-8,11,19H,9-10,12-15H2,1H3. The molecular weight excluding hydrogens is 340 g/mol. The molecule has 2 heterocycles. The summed E-state index contributed by atoms with van der Waals surface area (Å²) in [4.78, 5) is 28.7. The average Bonchev–Trinajstić information content (AvgIpc) is 3.08. The van der Waals surface area contributed by atoms with Crippen LogP contribution >= 0.6 is 0 Å². The molecule has 5 heteroatoms. The van der Waals surface area contributed by atoms with Crippen LogP contribution in [-0.4, -0.2) is 48.4 Å². The lowest BCUT2D eigenvalue weighted by Crippen LogP contribution is -2.43. The Morgan fingerprint density at radius 1 is 1.15 bits per heavy atom. The first-order chi connectivity index (χ1) is 13.1. The van der Waals surface area contributed by atoms with Crippen LogP contribution < -0.4 is 4.74 Å². The SMILES string of the molecule is COc1ccc2c(c1)CCN(C(=O)CN1CC(c3ccccc3)CC1=O)C2. The molecule has 1 atom stereocenters. The van der Waals surface area contributed by atoms with Crippen molar-refractivity contribution in [3.05, 3.63) is 65.2 Å². The van der Waals surface area contributed by atoms with Crippen molar-refractivity contribution in [3.63, 3.8) is 0 Å². The minimum Gasteiger partial charge on any atom is -0.497 e. The third-order valence-corrected chi connectivity index (χ3v) is 5.59. The molecule has 2 aromatic rings. The summed E-state index contributed by atoms with van der Waals surface area (Å²) in [5, 5.41) is 0. The molecule has 4 rings (SSSR count). The quantitative estimate of drug-likeness (QED) is 0.838. The highest BCUT2D eigenvalue weighted by Gasteiger charge is 2.33. The van der Waals surface area contributed by atoms with Gasteiger partial charge in [-0.2, -0.15) is 0 Å². The van der Waals surface area contributed by atoms with Crippen LogP contribution in [0.2, 0.25) is 0 Å². The number of likely N-dealkylation sites (tertiary alicyclic amines) is 1. The number of rotatable bonds is 4. The Bertz CT molecular complexity index is 850. The second-order valence-electron chi connectivity index (χ2n) is 7.29. The summed E-state index contributed by atoms with van der Waals surface area (Å²) in [6.45, 7) is 2.08. The van der Waals surface area contributed by atoms with E-state index in [1.54, 1.807) is 12.0 Å². The second kappa shape index (κ2) is 7.43. The van der Waals surface area contributed by atoms with Crippen LogP contribution in [-0.2, 0) is 22.6 Å². The maximum Gasteiger partial charge on any atom is 0.242 e. The monoisotopic (exact) mass is 364 g/mol. The van der Waals surface area contributed by atoms with Crippen LogP contribution in [0, 0.1) is 0 Å². The number of methoxy groups -OCH3 is 1. The van der Waals surface area contributed by atoms with E-state index in [9.17, 15) is 9.59 Å². The molecule has 2 amide bonds. The Labute approximate surface area is 159 Å². The van der Waals surface area contributed by atoms with Crippen molar-refractivity contribution in [2.45, 2.75) is 25.3 Å². The molecule has 5 nitrogen and oxygen atoms in total. The molecule has 1 saturated heterocycles. The van der Waals surface area contributed by atoms with Gasteiger partial charge in [0.2, 0.25) is 11.8 Å². The summed E-state index contributed by atoms with van der Waals surface area (Å²) in [6, 6.07) is 16.1. The number of nitrogens with zero attached hydrogens (tertiary/aromatic N) is 2. The number of carbonyl (C=O) groups is 2. The fourth-order valence-electron chi connectivity index (χ4n) is 4.01. The van der Waals surface area contributed by atoms with Gasteiger partial charge < -0.3 is 14.5 Å². The van der Waals surface area contributed by atoms with Gasteiger partial charge in [0.15, 0.2) is 0 Å². The third-order valence-electron chi connectivity index (χ3n) is 5.59. The summed E-state index contributed by atoms with van der Waals surface area (Å²) >= 11 is 0. The molecule has 0 aliphatic carbocycles. The Kier molecular flexibility index (Phi) is 4.84. The largest absolute Gasteiger partial charge is 0.497 e. The molecule has 0 radical (unpaired) electrons. The number of amides is 2. The zero-order valence-corrected chi connectivity index (χ0v) is 15.6. The van der Waals surface area contributed by atoms with E-state index in [4.69, 9.17) is 4.74 Å². The minimum atomic E-state index is 0.0264. The second-order valence-corrected chi connectivity index (χ2v) is 7.29. The maximum absolute atomic E-state index is 12.8. The molecule has 0 bridgehead atoms. The van der Waals surface area contributed by atoms with E-state index < -0.39 is 0 Å². The minimum absolute atomic E-state index is 0.0264. The van der Waals surface area contributed by atoms with Crippen molar-refractivity contribution in [2.75, 3.05) is 26.7 Å². The predicted octanol–water partition coefficient (Wildman–Crippen LogP) is 2.60. The number of benzene rings is 2. The highest BCUT2D eigenvalue weighted by molar-refractivity contribution is 5.86. The van der Waals surface area contributed by atoms with E-state index in [0.717, 1.165) is 17.7 Å². The highest BCUT2D eigenvalue weighted by atomic mass is 16.5. The summed E-state index contributed by atoms with van der Waals surface area (Å²) in [7, 11) is 1.66. The topological polar surface area (TPSA) is 49.9 Å². The van der Waals surface area contributed by atoms with Crippen molar-refractivity contribution in [1.82, 2.24) is 9.80 Å². The van der Waals surface area contributed by atoms with Crippen molar-refractivity contribution in [1.29, 1.82) is 0 Å². The first kappa shape index (κ1) is 17.6. The molecule has 0 saturated carbocycles. The lowest BCUT2D eigenvalue weighted by molar-refractivity contribution is -0.138. The molecule has 140 valence electrons. The summed E-state index contributed by atoms with van der Waals surface area (Å²) < 4.78 is 5.28. The van der Waals surface area contributed by atoms with Gasteiger partial charge in [-0.3, -0.25) is 9.59 Å². The Morgan fingerprint density at radius 3 is 2.74 bits per heavy atom. The molecule has 2 aliphatic rings. The summed E-state index contributed by atoms with van der Waals surface area (Å²) in [6.07, 6.45) is 1.30. The van der Waals surface area contributed by atoms with Gasteiger partial charge in [0, 0.05) is 32.0 Å².